The monoisotopic (exact) mass is 339 g/mol. The lowest BCUT2D eigenvalue weighted by Crippen LogP contribution is -2.42. The minimum absolute atomic E-state index is 0.00119. The molecule has 5 nitrogen and oxygen atoms in total. The van der Waals surface area contributed by atoms with Gasteiger partial charge < -0.3 is 5.32 Å². The zero-order valence-corrected chi connectivity index (χ0v) is 12.9. The zero-order valence-electron chi connectivity index (χ0n) is 9.67. The Bertz CT molecular complexity index is 522. The molecule has 1 rings (SSSR count). The number of halogens is 1. The molecule has 0 atom stereocenters. The van der Waals surface area contributed by atoms with E-state index in [9.17, 15) is 8.42 Å². The van der Waals surface area contributed by atoms with Crippen LogP contribution in [0.2, 0.25) is 0 Å². The van der Waals surface area contributed by atoms with Crippen LogP contribution in [0.15, 0.2) is 14.7 Å². The second kappa shape index (κ2) is 5.36. The molecule has 0 radical (unpaired) electrons. The van der Waals surface area contributed by atoms with Gasteiger partial charge in [-0.15, -0.1) is 11.3 Å². The summed E-state index contributed by atoms with van der Waals surface area (Å²) in [6, 6.07) is 1.73. The van der Waals surface area contributed by atoms with Crippen LogP contribution in [0.5, 0.6) is 0 Å². The summed E-state index contributed by atoms with van der Waals surface area (Å²) in [5.41, 5.74) is 0. The smallest absolute Gasteiger partial charge is 0.274 e. The Hall–Kier alpha value is -0.600. The molecule has 0 aromatic carbocycles. The Kier molecular flexibility index (Phi) is 4.56. The number of hydrogen-bond acceptors (Lipinski definition) is 4. The van der Waals surface area contributed by atoms with E-state index in [1.807, 2.05) is 20.8 Å². The molecular formula is C9H14BrN3O2S2. The van der Waals surface area contributed by atoms with Gasteiger partial charge in [-0.2, -0.15) is 0 Å². The van der Waals surface area contributed by atoms with Crippen LogP contribution in [-0.2, 0) is 10.0 Å². The lowest BCUT2D eigenvalue weighted by molar-refractivity contribution is 0.592. The van der Waals surface area contributed by atoms with E-state index < -0.39 is 10.0 Å². The largest absolute Gasteiger partial charge is 0.354 e. The van der Waals surface area contributed by atoms with Crippen LogP contribution in [0.1, 0.15) is 18.7 Å². The molecule has 0 bridgehead atoms. The highest BCUT2D eigenvalue weighted by Crippen LogP contribution is 2.30. The van der Waals surface area contributed by atoms with Gasteiger partial charge in [-0.25, -0.2) is 13.1 Å². The van der Waals surface area contributed by atoms with Gasteiger partial charge in [-0.05, 0) is 42.8 Å². The van der Waals surface area contributed by atoms with E-state index in [0.717, 1.165) is 16.2 Å². The first-order valence-electron chi connectivity index (χ1n) is 4.86. The van der Waals surface area contributed by atoms with E-state index in [2.05, 4.69) is 26.0 Å². The van der Waals surface area contributed by atoms with Crippen LogP contribution < -0.4 is 10.0 Å². The second-order valence-electron chi connectivity index (χ2n) is 3.77. The van der Waals surface area contributed by atoms with Crippen molar-refractivity contribution in [3.8, 4) is 0 Å². The molecule has 17 heavy (non-hydrogen) atoms. The maximum Gasteiger partial charge on any atom is 0.274 e. The van der Waals surface area contributed by atoms with Crippen molar-refractivity contribution in [2.75, 3.05) is 0 Å². The molecule has 8 heteroatoms. The Morgan fingerprint density at radius 1 is 1.53 bits per heavy atom. The third kappa shape index (κ3) is 3.97. The summed E-state index contributed by atoms with van der Waals surface area (Å²) in [5, 5.41) is 10.2. The van der Waals surface area contributed by atoms with Crippen molar-refractivity contribution in [1.29, 1.82) is 5.41 Å². The molecular weight excluding hydrogens is 326 g/mol. The van der Waals surface area contributed by atoms with Gasteiger partial charge in [0, 0.05) is 15.4 Å². The predicted octanol–water partition coefficient (Wildman–Crippen LogP) is 2.03. The molecule has 1 aromatic rings. The molecule has 0 amide bonds. The van der Waals surface area contributed by atoms with Gasteiger partial charge in [0.1, 0.15) is 0 Å². The van der Waals surface area contributed by atoms with Crippen LogP contribution in [0.25, 0.3) is 0 Å². The van der Waals surface area contributed by atoms with Crippen LogP contribution in [0.3, 0.4) is 0 Å². The summed E-state index contributed by atoms with van der Waals surface area (Å²) < 4.78 is 26.8. The third-order valence-electron chi connectivity index (χ3n) is 1.69. The first kappa shape index (κ1) is 14.5. The van der Waals surface area contributed by atoms with Gasteiger partial charge in [0.25, 0.3) is 10.0 Å². The van der Waals surface area contributed by atoms with Crippen LogP contribution in [0.4, 0.5) is 0 Å². The summed E-state index contributed by atoms with van der Waals surface area (Å²) in [6.45, 7) is 5.48. The van der Waals surface area contributed by atoms with Crippen molar-refractivity contribution in [2.24, 2.45) is 0 Å². The van der Waals surface area contributed by atoms with E-state index in [0.29, 0.717) is 4.47 Å². The molecule has 0 fully saturated rings. The van der Waals surface area contributed by atoms with Gasteiger partial charge in [-0.3, -0.25) is 5.41 Å². The molecule has 0 aliphatic rings. The summed E-state index contributed by atoms with van der Waals surface area (Å²) in [7, 11) is -3.68. The van der Waals surface area contributed by atoms with Gasteiger partial charge >= 0.3 is 0 Å². The summed E-state index contributed by atoms with van der Waals surface area (Å²) in [5.74, 6) is -0.224. The van der Waals surface area contributed by atoms with Gasteiger partial charge in [0.2, 0.25) is 5.96 Å². The Balaban J connectivity index is 2.90. The predicted molar refractivity (Wildman–Crippen MR) is 73.1 cm³/mol. The van der Waals surface area contributed by atoms with E-state index in [1.165, 1.54) is 0 Å². The minimum atomic E-state index is -3.68. The topological polar surface area (TPSA) is 82.1 Å². The minimum Gasteiger partial charge on any atom is -0.354 e. The van der Waals surface area contributed by atoms with Crippen LogP contribution >= 0.6 is 27.3 Å². The van der Waals surface area contributed by atoms with E-state index in [1.54, 1.807) is 6.07 Å². The summed E-state index contributed by atoms with van der Waals surface area (Å²) >= 11 is 4.35. The normalized spacial score (nSPS) is 11.6. The van der Waals surface area contributed by atoms with Crippen molar-refractivity contribution in [1.82, 2.24) is 10.0 Å². The number of nitrogens with one attached hydrogen (secondary N) is 3. The molecule has 1 aromatic heterocycles. The van der Waals surface area contributed by atoms with Crippen molar-refractivity contribution < 1.29 is 8.42 Å². The van der Waals surface area contributed by atoms with Crippen molar-refractivity contribution in [3.63, 3.8) is 0 Å². The standard InChI is InChI=1S/C9H14BrN3O2S2/c1-5(2)12-9(11)13-17(14,15)8-7(10)4-6(3)16-8/h4-5H,1-3H3,(H3,11,12,13). The van der Waals surface area contributed by atoms with Gasteiger partial charge in [-0.1, -0.05) is 0 Å². The fraction of sp³-hybridized carbons (Fsp3) is 0.444. The molecule has 0 aliphatic heterocycles. The molecule has 3 N–H and O–H groups in total. The zero-order chi connectivity index (χ0) is 13.2. The number of aryl methyl sites for hydroxylation is 1. The average molecular weight is 340 g/mol. The fourth-order valence-electron chi connectivity index (χ4n) is 1.14. The fourth-order valence-corrected chi connectivity index (χ4v) is 4.84. The number of thiophene rings is 1. The highest BCUT2D eigenvalue weighted by Gasteiger charge is 2.21. The lowest BCUT2D eigenvalue weighted by Gasteiger charge is -2.12. The number of sulfonamides is 1. The molecule has 0 unspecified atom stereocenters. The summed E-state index contributed by atoms with van der Waals surface area (Å²) in [4.78, 5) is 0.889. The highest BCUT2D eigenvalue weighted by molar-refractivity contribution is 9.10. The highest BCUT2D eigenvalue weighted by atomic mass is 79.9. The lowest BCUT2D eigenvalue weighted by atomic mass is 10.4. The van der Waals surface area contributed by atoms with E-state index in [-0.39, 0.29) is 16.2 Å². The summed E-state index contributed by atoms with van der Waals surface area (Å²) in [6.07, 6.45) is 0. The Morgan fingerprint density at radius 3 is 2.53 bits per heavy atom. The molecule has 1 heterocycles. The maximum absolute atomic E-state index is 11.9. The number of rotatable bonds is 3. The molecule has 0 saturated carbocycles. The van der Waals surface area contributed by atoms with Crippen molar-refractivity contribution >= 4 is 43.2 Å². The number of guanidine groups is 1. The second-order valence-corrected chi connectivity index (χ2v) is 7.76. The Labute approximate surface area is 113 Å². The van der Waals surface area contributed by atoms with Crippen LogP contribution in [0, 0.1) is 12.3 Å². The first-order valence-corrected chi connectivity index (χ1v) is 7.95. The third-order valence-corrected chi connectivity index (χ3v) is 5.78. The molecule has 0 aliphatic carbocycles. The average Bonchev–Trinajstić information content (AvgIpc) is 2.42. The van der Waals surface area contributed by atoms with Crippen LogP contribution in [-0.4, -0.2) is 20.4 Å². The molecule has 0 spiro atoms. The van der Waals surface area contributed by atoms with E-state index >= 15 is 0 Å². The Morgan fingerprint density at radius 2 is 2.12 bits per heavy atom. The number of hydrogen-bond donors (Lipinski definition) is 3. The van der Waals surface area contributed by atoms with Gasteiger partial charge in [0.05, 0.1) is 0 Å². The van der Waals surface area contributed by atoms with Crippen molar-refractivity contribution in [2.45, 2.75) is 31.0 Å². The molecule has 0 saturated heterocycles. The van der Waals surface area contributed by atoms with E-state index in [4.69, 9.17) is 5.41 Å². The SMILES string of the molecule is Cc1cc(Br)c(S(=O)(=O)NC(=N)NC(C)C)s1. The maximum atomic E-state index is 11.9. The first-order chi connectivity index (χ1) is 7.72. The molecule has 96 valence electrons. The van der Waals surface area contributed by atoms with Crippen molar-refractivity contribution in [3.05, 3.63) is 15.4 Å². The van der Waals surface area contributed by atoms with Gasteiger partial charge in [0.15, 0.2) is 4.21 Å². The quantitative estimate of drug-likeness (QED) is 0.582.